The molecule has 0 aromatic carbocycles. The van der Waals surface area contributed by atoms with E-state index in [-0.39, 0.29) is 0 Å². The van der Waals surface area contributed by atoms with Crippen LogP contribution in [0.15, 0.2) is 0 Å². The van der Waals surface area contributed by atoms with Crippen molar-refractivity contribution in [1.29, 1.82) is 0 Å². The molecule has 1 N–H and O–H groups in total. The monoisotopic (exact) mass is 253 g/mol. The summed E-state index contributed by atoms with van der Waals surface area (Å²) in [6.45, 7) is 9.91. The molecule has 0 aromatic rings. The predicted octanol–water partition coefficient (Wildman–Crippen LogP) is 1.79. The number of piperazine rings is 1. The van der Waals surface area contributed by atoms with Crippen LogP contribution in [0.1, 0.15) is 39.0 Å². The number of nitrogens with one attached hydrogen (secondary N) is 1. The van der Waals surface area contributed by atoms with Gasteiger partial charge in [0.15, 0.2) is 0 Å². The van der Waals surface area contributed by atoms with E-state index in [0.29, 0.717) is 0 Å². The highest BCUT2D eigenvalue weighted by Crippen LogP contribution is 2.23. The fraction of sp³-hybridized carbons (Fsp3) is 1.00. The van der Waals surface area contributed by atoms with Crippen LogP contribution < -0.4 is 5.32 Å². The van der Waals surface area contributed by atoms with Crippen molar-refractivity contribution in [3.8, 4) is 0 Å². The second-order valence-electron chi connectivity index (χ2n) is 6.32. The van der Waals surface area contributed by atoms with Crippen molar-refractivity contribution >= 4 is 0 Å². The lowest BCUT2D eigenvalue weighted by molar-refractivity contribution is 0.151. The Bertz CT molecular complexity index is 224. The van der Waals surface area contributed by atoms with Gasteiger partial charge in [0.1, 0.15) is 0 Å². The van der Waals surface area contributed by atoms with Gasteiger partial charge in [-0.3, -0.25) is 0 Å². The van der Waals surface area contributed by atoms with E-state index < -0.39 is 0 Å². The molecule has 3 heteroatoms. The summed E-state index contributed by atoms with van der Waals surface area (Å²) in [7, 11) is 2.23. The van der Waals surface area contributed by atoms with Crippen LogP contribution in [0, 0.1) is 5.92 Å². The van der Waals surface area contributed by atoms with Crippen molar-refractivity contribution in [2.75, 3.05) is 46.3 Å². The van der Waals surface area contributed by atoms with Crippen molar-refractivity contribution < 1.29 is 0 Å². The van der Waals surface area contributed by atoms with Gasteiger partial charge >= 0.3 is 0 Å². The molecule has 3 nitrogen and oxygen atoms in total. The zero-order chi connectivity index (χ0) is 12.8. The van der Waals surface area contributed by atoms with Gasteiger partial charge in [0.25, 0.3) is 0 Å². The van der Waals surface area contributed by atoms with Gasteiger partial charge < -0.3 is 15.1 Å². The summed E-state index contributed by atoms with van der Waals surface area (Å²) >= 11 is 0. The van der Waals surface area contributed by atoms with Crippen LogP contribution in [0.2, 0.25) is 0 Å². The van der Waals surface area contributed by atoms with E-state index in [1.165, 1.54) is 71.4 Å². The second kappa shape index (κ2) is 7.46. The molecule has 2 fully saturated rings. The smallest absolute Gasteiger partial charge is 0.0110 e. The molecule has 0 amide bonds. The van der Waals surface area contributed by atoms with Crippen LogP contribution in [0.25, 0.3) is 0 Å². The molecule has 18 heavy (non-hydrogen) atoms. The van der Waals surface area contributed by atoms with E-state index in [1.807, 2.05) is 0 Å². The van der Waals surface area contributed by atoms with Gasteiger partial charge in [-0.05, 0) is 45.3 Å². The summed E-state index contributed by atoms with van der Waals surface area (Å²) in [6.07, 6.45) is 7.01. The molecule has 0 bridgehead atoms. The molecule has 2 atom stereocenters. The Morgan fingerprint density at radius 1 is 1.06 bits per heavy atom. The summed E-state index contributed by atoms with van der Waals surface area (Å²) in [5.74, 6) is 0.891. The average molecular weight is 253 g/mol. The minimum atomic E-state index is 0.797. The van der Waals surface area contributed by atoms with E-state index in [1.54, 1.807) is 0 Å². The summed E-state index contributed by atoms with van der Waals surface area (Å²) in [4.78, 5) is 5.05. The highest BCUT2D eigenvalue weighted by Gasteiger charge is 2.20. The Labute approximate surface area is 113 Å². The Morgan fingerprint density at radius 2 is 1.78 bits per heavy atom. The first-order valence-corrected chi connectivity index (χ1v) is 7.90. The molecular formula is C15H31N3. The van der Waals surface area contributed by atoms with Crippen LogP contribution in [0.4, 0.5) is 0 Å². The van der Waals surface area contributed by atoms with Gasteiger partial charge in [-0.15, -0.1) is 0 Å². The molecule has 1 heterocycles. The van der Waals surface area contributed by atoms with Gasteiger partial charge in [-0.1, -0.05) is 19.8 Å². The maximum atomic E-state index is 3.78. The zero-order valence-corrected chi connectivity index (χ0v) is 12.3. The summed E-state index contributed by atoms with van der Waals surface area (Å²) in [6, 6.07) is 0.797. The summed E-state index contributed by atoms with van der Waals surface area (Å²) in [5.41, 5.74) is 0. The van der Waals surface area contributed by atoms with E-state index in [0.717, 1.165) is 12.0 Å². The first-order valence-electron chi connectivity index (χ1n) is 7.90. The van der Waals surface area contributed by atoms with E-state index in [2.05, 4.69) is 29.1 Å². The average Bonchev–Trinajstić information content (AvgIpc) is 2.39. The Morgan fingerprint density at radius 3 is 2.50 bits per heavy atom. The molecule has 1 aliphatic carbocycles. The minimum absolute atomic E-state index is 0.797. The second-order valence-corrected chi connectivity index (χ2v) is 6.32. The van der Waals surface area contributed by atoms with Gasteiger partial charge in [-0.25, -0.2) is 0 Å². The van der Waals surface area contributed by atoms with Crippen molar-refractivity contribution in [3.05, 3.63) is 0 Å². The zero-order valence-electron chi connectivity index (χ0n) is 12.3. The maximum Gasteiger partial charge on any atom is 0.0110 e. The molecule has 0 radical (unpaired) electrons. The van der Waals surface area contributed by atoms with E-state index in [4.69, 9.17) is 0 Å². The van der Waals surface area contributed by atoms with Crippen molar-refractivity contribution in [2.45, 2.75) is 45.1 Å². The Hall–Kier alpha value is -0.120. The van der Waals surface area contributed by atoms with Crippen molar-refractivity contribution in [3.63, 3.8) is 0 Å². The lowest BCUT2D eigenvalue weighted by atomic mass is 9.86. The van der Waals surface area contributed by atoms with Crippen molar-refractivity contribution in [2.24, 2.45) is 5.92 Å². The van der Waals surface area contributed by atoms with Crippen LogP contribution in [-0.2, 0) is 0 Å². The fourth-order valence-electron chi connectivity index (χ4n) is 3.28. The molecule has 2 aliphatic rings. The highest BCUT2D eigenvalue weighted by molar-refractivity contribution is 4.78. The number of rotatable bonds is 5. The minimum Gasteiger partial charge on any atom is -0.314 e. The fourth-order valence-corrected chi connectivity index (χ4v) is 3.28. The molecule has 0 spiro atoms. The predicted molar refractivity (Wildman–Crippen MR) is 78.0 cm³/mol. The molecule has 0 aromatic heterocycles. The van der Waals surface area contributed by atoms with Gasteiger partial charge in [0.05, 0.1) is 0 Å². The van der Waals surface area contributed by atoms with Gasteiger partial charge in [0, 0.05) is 32.2 Å². The van der Waals surface area contributed by atoms with Gasteiger partial charge in [-0.2, -0.15) is 0 Å². The summed E-state index contributed by atoms with van der Waals surface area (Å²) < 4.78 is 0. The van der Waals surface area contributed by atoms with Crippen LogP contribution in [0.5, 0.6) is 0 Å². The maximum absolute atomic E-state index is 3.78. The molecule has 2 rings (SSSR count). The molecule has 106 valence electrons. The molecule has 1 aliphatic heterocycles. The summed E-state index contributed by atoms with van der Waals surface area (Å²) in [5, 5.41) is 3.78. The molecule has 1 saturated carbocycles. The third kappa shape index (κ3) is 4.52. The molecular weight excluding hydrogens is 222 g/mol. The normalized spacial score (nSPS) is 31.7. The lowest BCUT2D eigenvalue weighted by Gasteiger charge is -2.33. The first-order chi connectivity index (χ1) is 8.75. The molecule has 2 unspecified atom stereocenters. The quantitative estimate of drug-likeness (QED) is 0.754. The first kappa shape index (κ1) is 14.3. The third-order valence-electron chi connectivity index (χ3n) is 4.77. The number of nitrogens with zero attached hydrogens (tertiary/aromatic N) is 2. The molecule has 1 saturated heterocycles. The lowest BCUT2D eigenvalue weighted by Crippen LogP contribution is -2.45. The van der Waals surface area contributed by atoms with Gasteiger partial charge in [0.2, 0.25) is 0 Å². The standard InChI is InChI=1S/C15H31N3/c1-14-6-3-4-7-15(14)16-8-5-9-18-12-10-17(2)11-13-18/h14-16H,3-13H2,1-2H3. The Balaban J connectivity index is 1.53. The van der Waals surface area contributed by atoms with Crippen LogP contribution >= 0.6 is 0 Å². The van der Waals surface area contributed by atoms with E-state index in [9.17, 15) is 0 Å². The third-order valence-corrected chi connectivity index (χ3v) is 4.77. The highest BCUT2D eigenvalue weighted by atomic mass is 15.2. The van der Waals surface area contributed by atoms with E-state index >= 15 is 0 Å². The largest absolute Gasteiger partial charge is 0.314 e. The SMILES string of the molecule is CC1CCCCC1NCCCN1CCN(C)CC1. The Kier molecular flexibility index (Phi) is 5.93. The number of hydrogen-bond donors (Lipinski definition) is 1. The topological polar surface area (TPSA) is 18.5 Å². The number of likely N-dealkylation sites (N-methyl/N-ethyl adjacent to an activating group) is 1. The van der Waals surface area contributed by atoms with Crippen LogP contribution in [-0.4, -0.2) is 62.2 Å². The van der Waals surface area contributed by atoms with Crippen molar-refractivity contribution in [1.82, 2.24) is 15.1 Å². The van der Waals surface area contributed by atoms with Crippen LogP contribution in [0.3, 0.4) is 0 Å². The number of hydrogen-bond acceptors (Lipinski definition) is 3.